The van der Waals surface area contributed by atoms with Crippen molar-refractivity contribution >= 4 is 65.4 Å². The van der Waals surface area contributed by atoms with Gasteiger partial charge in [-0.3, -0.25) is 38.5 Å². The second kappa shape index (κ2) is 36.1. The second-order valence-corrected chi connectivity index (χ2v) is 25.4. The maximum Gasteiger partial charge on any atom is 0.410 e. The summed E-state index contributed by atoms with van der Waals surface area (Å²) in [4.78, 5) is 133. The number of ether oxygens (including phenoxy) is 5. The third-order valence-corrected chi connectivity index (χ3v) is 17.3. The molecule has 4 aliphatic rings. The maximum absolute atomic E-state index is 14.3. The molecular formula is C66H98N8O19. The predicted molar refractivity (Wildman–Crippen MR) is 340 cm³/mol. The average molecular weight is 1310 g/mol. The molecule has 27 heteroatoms. The zero-order chi connectivity index (χ0) is 68.7. The first-order chi connectivity index (χ1) is 43.9. The number of methoxy groups -OCH3 is 1. The molecule has 516 valence electrons. The summed E-state index contributed by atoms with van der Waals surface area (Å²) < 4.78 is 29.7. The predicted octanol–water partition coefficient (Wildman–Crippen LogP) is 5.05. The van der Waals surface area contributed by atoms with Gasteiger partial charge in [0.15, 0.2) is 6.10 Å². The van der Waals surface area contributed by atoms with E-state index >= 15 is 0 Å². The highest BCUT2D eigenvalue weighted by molar-refractivity contribution is 6.12. The van der Waals surface area contributed by atoms with E-state index in [-0.39, 0.29) is 127 Å². The molecule has 2 saturated heterocycles. The highest BCUT2D eigenvalue weighted by Gasteiger charge is 2.47. The van der Waals surface area contributed by atoms with Crippen LogP contribution in [-0.4, -0.2) is 201 Å². The summed E-state index contributed by atoms with van der Waals surface area (Å²) in [5.41, 5.74) is 4.19. The number of nitrogens with one attached hydrogen (secondary N) is 4. The molecule has 13 atom stereocenters. The molecule has 27 nitrogen and oxygen atoms in total. The van der Waals surface area contributed by atoms with E-state index in [1.165, 1.54) is 29.1 Å². The Kier molecular flexibility index (Phi) is 29.5. The van der Waals surface area contributed by atoms with Gasteiger partial charge in [0, 0.05) is 88.8 Å². The van der Waals surface area contributed by atoms with Crippen molar-refractivity contribution in [2.75, 3.05) is 45.2 Å². The molecule has 1 aromatic carbocycles. The minimum Gasteiger partial charge on any atom is -0.481 e. The molecule has 9 amide bonds. The topological polar surface area (TPSA) is 385 Å². The third kappa shape index (κ3) is 24.3. The fraction of sp³-hybridized carbons (Fsp3) is 0.636. The fourth-order valence-electron chi connectivity index (χ4n) is 11.3. The molecule has 4 aliphatic heterocycles. The van der Waals surface area contributed by atoms with Gasteiger partial charge in [0.2, 0.25) is 17.7 Å². The number of carbonyl (C=O) groups is 10. The monoisotopic (exact) mass is 1310 g/mol. The SMILES string of the molecule is CC[C@H](O)[C@@H](C)[C@H]1O[C@@H]1CC(C)(O)/C=C/C=C(\C)[C@H]1OC(=O)C[C@H](O)CC[C@@](C)(OC)[C@@H](OC(=O)N2CCN(C(=O)OCc3ccc(NC(=O)[C@H](CCCNC(N)=O)NC(=O)[C@@H](NC(=O)CCCCCN4C(=O)C=CC4=O)C(C)C)cc3)[C@@H](CCC(=O)O)C2)/C=C/[C@@H]1C. The van der Waals surface area contributed by atoms with Gasteiger partial charge in [0.25, 0.3) is 11.8 Å². The van der Waals surface area contributed by atoms with Gasteiger partial charge in [-0.2, -0.15) is 0 Å². The van der Waals surface area contributed by atoms with Crippen molar-refractivity contribution in [1.82, 2.24) is 30.7 Å². The van der Waals surface area contributed by atoms with E-state index in [9.17, 15) is 68.4 Å². The van der Waals surface area contributed by atoms with Crippen LogP contribution >= 0.6 is 0 Å². The minimum atomic E-state index is -1.26. The number of nitrogens with two attached hydrogens (primary N) is 1. The van der Waals surface area contributed by atoms with Gasteiger partial charge >= 0.3 is 30.2 Å². The number of urea groups is 1. The number of carbonyl (C=O) groups excluding carboxylic acids is 9. The van der Waals surface area contributed by atoms with Gasteiger partial charge in [-0.25, -0.2) is 14.4 Å². The molecule has 5 rings (SSSR count). The largest absolute Gasteiger partial charge is 0.481 e. The van der Waals surface area contributed by atoms with Crippen molar-refractivity contribution in [1.29, 1.82) is 0 Å². The number of unbranched alkanes of at least 4 members (excludes halogenated alkanes) is 2. The Labute approximate surface area is 544 Å². The van der Waals surface area contributed by atoms with Crippen LogP contribution in [0.2, 0.25) is 0 Å². The van der Waals surface area contributed by atoms with Gasteiger partial charge in [0.1, 0.15) is 30.4 Å². The van der Waals surface area contributed by atoms with Crippen molar-refractivity contribution in [2.45, 2.75) is 211 Å². The van der Waals surface area contributed by atoms with Gasteiger partial charge in [0.05, 0.1) is 42.5 Å². The first-order valence-electron chi connectivity index (χ1n) is 32.1. The lowest BCUT2D eigenvalue weighted by molar-refractivity contribution is -0.152. The van der Waals surface area contributed by atoms with Crippen LogP contribution in [0.3, 0.4) is 0 Å². The highest BCUT2D eigenvalue weighted by atomic mass is 16.6. The van der Waals surface area contributed by atoms with Gasteiger partial charge in [-0.1, -0.05) is 77.5 Å². The number of aliphatic carboxylic acids is 1. The summed E-state index contributed by atoms with van der Waals surface area (Å²) in [7, 11) is 1.44. The van der Waals surface area contributed by atoms with Crippen molar-refractivity contribution < 1.29 is 92.1 Å². The van der Waals surface area contributed by atoms with Crippen LogP contribution in [0.25, 0.3) is 0 Å². The zero-order valence-electron chi connectivity index (χ0n) is 55.0. The minimum absolute atomic E-state index is 0.0243. The molecule has 0 aliphatic carbocycles. The normalized spacial score (nSPS) is 25.1. The van der Waals surface area contributed by atoms with E-state index in [0.29, 0.717) is 48.9 Å². The van der Waals surface area contributed by atoms with Crippen molar-refractivity contribution in [2.24, 2.45) is 23.5 Å². The zero-order valence-corrected chi connectivity index (χ0v) is 55.0. The number of anilines is 1. The average Bonchev–Trinajstić information content (AvgIpc) is 1.74. The quantitative estimate of drug-likeness (QED) is 0.00893. The molecule has 0 spiro atoms. The van der Waals surface area contributed by atoms with Gasteiger partial charge < -0.3 is 80.9 Å². The van der Waals surface area contributed by atoms with E-state index in [2.05, 4.69) is 21.3 Å². The van der Waals surface area contributed by atoms with Crippen LogP contribution in [0.15, 0.2) is 72.4 Å². The van der Waals surface area contributed by atoms with Crippen molar-refractivity contribution in [3.8, 4) is 0 Å². The Bertz CT molecular complexity index is 2860. The molecule has 10 N–H and O–H groups in total. The first kappa shape index (κ1) is 76.0. The fourth-order valence-corrected chi connectivity index (χ4v) is 11.3. The molecule has 2 fully saturated rings. The number of cyclic esters (lactones) is 1. The van der Waals surface area contributed by atoms with Crippen LogP contribution in [0.1, 0.15) is 144 Å². The maximum atomic E-state index is 14.3. The number of hydrogen-bond donors (Lipinski definition) is 9. The molecule has 0 saturated carbocycles. The molecule has 1 unspecified atom stereocenters. The lowest BCUT2D eigenvalue weighted by Gasteiger charge is -2.41. The summed E-state index contributed by atoms with van der Waals surface area (Å²) in [6.45, 7) is 14.1. The Balaban J connectivity index is 1.20. The number of rotatable bonds is 31. The van der Waals surface area contributed by atoms with E-state index in [4.69, 9.17) is 29.4 Å². The number of benzene rings is 1. The number of carboxylic acid groups (broad SMARTS) is 1. The van der Waals surface area contributed by atoms with Gasteiger partial charge in [-0.05, 0) is 107 Å². The van der Waals surface area contributed by atoms with Crippen LogP contribution in [0, 0.1) is 17.8 Å². The number of allylic oxidation sites excluding steroid dienone is 2. The highest BCUT2D eigenvalue weighted by Crippen LogP contribution is 2.38. The lowest BCUT2D eigenvalue weighted by Crippen LogP contribution is -2.57. The van der Waals surface area contributed by atoms with E-state index in [1.54, 1.807) is 89.3 Å². The third-order valence-electron chi connectivity index (χ3n) is 17.3. The van der Waals surface area contributed by atoms with E-state index in [0.717, 1.165) is 4.90 Å². The van der Waals surface area contributed by atoms with Crippen LogP contribution in [0.5, 0.6) is 0 Å². The summed E-state index contributed by atoms with van der Waals surface area (Å²) in [6, 6.07) is 2.58. The van der Waals surface area contributed by atoms with E-state index < -0.39 is 108 Å². The Hall–Kier alpha value is -7.72. The lowest BCUT2D eigenvalue weighted by atomic mass is 9.88. The number of amides is 9. The number of epoxide rings is 1. The Morgan fingerprint density at radius 1 is 0.935 bits per heavy atom. The summed E-state index contributed by atoms with van der Waals surface area (Å²) in [6.07, 6.45) is 7.59. The van der Waals surface area contributed by atoms with Gasteiger partial charge in [-0.15, -0.1) is 0 Å². The standard InChI is InChI=1S/C66H98N8O19/c1-10-49(76)43(6)59-50(91-59)37-65(7,88)30-14-16-41(4)58-42(5)19-25-51(66(8,89-9)31-29-47(75)36-56(82)93-58)92-63(86)72-34-35-73(46(38-72)24-28-55(80)81)64(87)90-39-44-20-22-45(23-21-44)69-60(83)48(17-15-32-68-62(67)85)70-61(84)57(40(2)3)71-52(77)18-12-11-13-33-74-53(78)26-27-54(74)79/h14,16,19-23,25-27,30,40,42-43,46-51,57-59,75-76,88H,10-13,15,17-18,24,28-29,31-39H2,1-9H3,(H,69,83)(H,70,84)(H,71,77)(H,80,81)(H3,67,68,85)/b25-19+,30-14+,41-16+/t42-,43+,46-,47+,48-,49-,50+,51-,57-,58+,59+,65?,66+/m0/s1. The van der Waals surface area contributed by atoms with Crippen molar-refractivity contribution in [3.63, 3.8) is 0 Å². The van der Waals surface area contributed by atoms with Crippen molar-refractivity contribution in [3.05, 3.63) is 77.9 Å². The number of aliphatic hydroxyl groups excluding tert-OH is 2. The number of imide groups is 1. The Morgan fingerprint density at radius 2 is 1.63 bits per heavy atom. The molecule has 1 aromatic rings. The number of hydrogen-bond acceptors (Lipinski definition) is 18. The second-order valence-electron chi connectivity index (χ2n) is 25.4. The first-order valence-corrected chi connectivity index (χ1v) is 32.1. The smallest absolute Gasteiger partial charge is 0.410 e. The summed E-state index contributed by atoms with van der Waals surface area (Å²) in [5, 5.41) is 53.0. The van der Waals surface area contributed by atoms with Crippen LogP contribution in [0.4, 0.5) is 20.1 Å². The molecule has 0 aromatic heterocycles. The number of aliphatic hydroxyl groups is 3. The summed E-state index contributed by atoms with van der Waals surface area (Å²) in [5.74, 6) is -5.13. The Morgan fingerprint density at radius 3 is 2.28 bits per heavy atom. The molecular weight excluding hydrogens is 1210 g/mol. The number of primary amides is 1. The molecule has 4 heterocycles. The molecule has 0 bridgehead atoms. The van der Waals surface area contributed by atoms with E-state index in [1.807, 2.05) is 20.8 Å². The summed E-state index contributed by atoms with van der Waals surface area (Å²) >= 11 is 0. The number of piperazine rings is 1. The molecule has 0 radical (unpaired) electrons. The number of nitrogens with zero attached hydrogens (tertiary/aromatic N) is 3. The van der Waals surface area contributed by atoms with Crippen LogP contribution < -0.4 is 27.0 Å². The number of carboxylic acids is 1. The van der Waals surface area contributed by atoms with Crippen LogP contribution in [-0.2, 0) is 63.9 Å². The molecule has 93 heavy (non-hydrogen) atoms. The number of esters is 1.